The summed E-state index contributed by atoms with van der Waals surface area (Å²) in [6.45, 7) is 11.2. The highest BCUT2D eigenvalue weighted by atomic mass is 32.1. The minimum absolute atomic E-state index is 0.483. The van der Waals surface area contributed by atoms with E-state index < -0.39 is 0 Å². The van der Waals surface area contributed by atoms with Crippen molar-refractivity contribution < 1.29 is 4.57 Å². The third kappa shape index (κ3) is 2.45. The lowest BCUT2D eigenvalue weighted by molar-refractivity contribution is -0.662. The first kappa shape index (κ1) is 17.2. The summed E-state index contributed by atoms with van der Waals surface area (Å²) < 4.78 is 3.48. The van der Waals surface area contributed by atoms with Gasteiger partial charge in [0.15, 0.2) is 5.69 Å². The van der Waals surface area contributed by atoms with Crippen LogP contribution in [0.3, 0.4) is 0 Å². The summed E-state index contributed by atoms with van der Waals surface area (Å²) in [6.07, 6.45) is 1.97. The van der Waals surface area contributed by atoms with Crippen LogP contribution in [0.1, 0.15) is 41.3 Å². The van der Waals surface area contributed by atoms with Crippen molar-refractivity contribution in [2.24, 2.45) is 7.05 Å². The van der Waals surface area contributed by atoms with Crippen LogP contribution >= 0.6 is 11.3 Å². The molecule has 0 fully saturated rings. The number of thiophene rings is 1. The van der Waals surface area contributed by atoms with Crippen LogP contribution in [0.2, 0.25) is 0 Å². The van der Waals surface area contributed by atoms with Gasteiger partial charge in [0.2, 0.25) is 5.52 Å². The SMILES string of the molecule is Cc1sc2c(-c3cc(C)c4ccccc4c3C)[n+](C)cnc2c1C(C)C. The molecule has 0 N–H and O–H groups in total. The van der Waals surface area contributed by atoms with E-state index >= 15 is 0 Å². The molecule has 0 unspecified atom stereocenters. The van der Waals surface area contributed by atoms with Gasteiger partial charge in [0.05, 0.1) is 7.05 Å². The monoisotopic (exact) mass is 361 g/mol. The summed E-state index contributed by atoms with van der Waals surface area (Å²) in [5.74, 6) is 0.483. The Morgan fingerprint density at radius 3 is 2.42 bits per heavy atom. The number of aromatic nitrogens is 2. The van der Waals surface area contributed by atoms with Crippen molar-refractivity contribution in [2.45, 2.75) is 40.5 Å². The predicted molar refractivity (Wildman–Crippen MR) is 112 cm³/mol. The average molecular weight is 362 g/mol. The van der Waals surface area contributed by atoms with E-state index in [1.807, 2.05) is 17.7 Å². The molecule has 0 aliphatic heterocycles. The van der Waals surface area contributed by atoms with Crippen LogP contribution in [-0.2, 0) is 7.05 Å². The minimum Gasteiger partial charge on any atom is -0.231 e. The maximum atomic E-state index is 4.80. The van der Waals surface area contributed by atoms with Gasteiger partial charge in [0.1, 0.15) is 4.70 Å². The van der Waals surface area contributed by atoms with E-state index in [9.17, 15) is 0 Å². The Morgan fingerprint density at radius 1 is 1.04 bits per heavy atom. The van der Waals surface area contributed by atoms with E-state index in [2.05, 4.69) is 76.6 Å². The van der Waals surface area contributed by atoms with Crippen molar-refractivity contribution in [3.8, 4) is 11.3 Å². The molecule has 2 aromatic heterocycles. The Labute approximate surface area is 159 Å². The molecule has 132 valence electrons. The predicted octanol–water partition coefficient (Wildman–Crippen LogP) is 5.99. The quantitative estimate of drug-likeness (QED) is 0.401. The summed E-state index contributed by atoms with van der Waals surface area (Å²) in [5.41, 5.74) is 7.81. The zero-order valence-electron chi connectivity index (χ0n) is 16.3. The minimum atomic E-state index is 0.483. The molecule has 3 heteroatoms. The third-order valence-electron chi connectivity index (χ3n) is 5.39. The lowest BCUT2D eigenvalue weighted by Crippen LogP contribution is -2.31. The highest BCUT2D eigenvalue weighted by Gasteiger charge is 2.25. The fourth-order valence-corrected chi connectivity index (χ4v) is 5.49. The van der Waals surface area contributed by atoms with E-state index in [0.29, 0.717) is 5.92 Å². The fourth-order valence-electron chi connectivity index (χ4n) is 4.14. The molecule has 0 spiro atoms. The first-order valence-electron chi connectivity index (χ1n) is 9.17. The van der Waals surface area contributed by atoms with E-state index in [-0.39, 0.29) is 0 Å². The van der Waals surface area contributed by atoms with Gasteiger partial charge in [-0.15, -0.1) is 11.3 Å². The van der Waals surface area contributed by atoms with Gasteiger partial charge >= 0.3 is 0 Å². The molecule has 0 bridgehead atoms. The normalized spacial score (nSPS) is 11.8. The van der Waals surface area contributed by atoms with Crippen molar-refractivity contribution in [1.29, 1.82) is 0 Å². The van der Waals surface area contributed by atoms with Crippen molar-refractivity contribution >= 4 is 32.3 Å². The highest BCUT2D eigenvalue weighted by Crippen LogP contribution is 2.40. The van der Waals surface area contributed by atoms with Crippen LogP contribution in [0.5, 0.6) is 0 Å². The molecule has 0 aliphatic carbocycles. The molecule has 0 aliphatic rings. The van der Waals surface area contributed by atoms with Crippen molar-refractivity contribution in [3.63, 3.8) is 0 Å². The molecule has 0 radical (unpaired) electrons. The van der Waals surface area contributed by atoms with Gasteiger partial charge in [-0.25, -0.2) is 4.57 Å². The Kier molecular flexibility index (Phi) is 4.07. The van der Waals surface area contributed by atoms with Gasteiger partial charge < -0.3 is 0 Å². The topological polar surface area (TPSA) is 16.8 Å². The Balaban J connectivity index is 2.13. The summed E-state index contributed by atoms with van der Waals surface area (Å²) >= 11 is 1.88. The molecule has 4 aromatic rings. The first-order valence-corrected chi connectivity index (χ1v) is 9.98. The van der Waals surface area contributed by atoms with E-state index in [4.69, 9.17) is 4.98 Å². The number of fused-ring (bicyclic) bond motifs is 2. The first-order chi connectivity index (χ1) is 12.4. The van der Waals surface area contributed by atoms with Gasteiger partial charge in [-0.2, -0.15) is 0 Å². The lowest BCUT2D eigenvalue weighted by Gasteiger charge is -2.13. The van der Waals surface area contributed by atoms with Crippen LogP contribution in [0.25, 0.3) is 32.2 Å². The average Bonchev–Trinajstić information content (AvgIpc) is 2.94. The largest absolute Gasteiger partial charge is 0.287 e. The molecular weight excluding hydrogens is 336 g/mol. The Morgan fingerprint density at radius 2 is 1.73 bits per heavy atom. The standard InChI is InChI=1S/C23H25N2S/c1-13(2)20-16(5)26-23-21(20)24-12-25(6)22(23)19-11-14(3)17-9-7-8-10-18(17)15(19)4/h7-13H,1-6H3/q+1. The Hall–Kier alpha value is -2.26. The molecule has 0 amide bonds. The van der Waals surface area contributed by atoms with E-state index in [1.54, 1.807) is 0 Å². The number of rotatable bonds is 2. The zero-order chi connectivity index (χ0) is 18.6. The molecule has 2 heterocycles. The molecule has 4 rings (SSSR count). The van der Waals surface area contributed by atoms with Gasteiger partial charge in [0.25, 0.3) is 6.33 Å². The van der Waals surface area contributed by atoms with Crippen LogP contribution in [0, 0.1) is 20.8 Å². The van der Waals surface area contributed by atoms with Crippen LogP contribution in [0.4, 0.5) is 0 Å². The smallest absolute Gasteiger partial charge is 0.231 e. The number of aryl methyl sites for hydroxylation is 4. The van der Waals surface area contributed by atoms with Gasteiger partial charge in [0, 0.05) is 16.0 Å². The zero-order valence-corrected chi connectivity index (χ0v) is 17.2. The highest BCUT2D eigenvalue weighted by molar-refractivity contribution is 7.19. The maximum absolute atomic E-state index is 4.80. The summed E-state index contributed by atoms with van der Waals surface area (Å²) in [5, 5.41) is 2.68. The van der Waals surface area contributed by atoms with Crippen molar-refractivity contribution in [1.82, 2.24) is 4.98 Å². The molecule has 0 saturated carbocycles. The molecular formula is C23H25N2S+. The second-order valence-electron chi connectivity index (χ2n) is 7.52. The van der Waals surface area contributed by atoms with Crippen LogP contribution in [0.15, 0.2) is 36.7 Å². The summed E-state index contributed by atoms with van der Waals surface area (Å²) in [4.78, 5) is 6.18. The van der Waals surface area contributed by atoms with Gasteiger partial charge in [-0.05, 0) is 59.6 Å². The molecule has 0 atom stereocenters. The Bertz CT molecular complexity index is 1150. The van der Waals surface area contributed by atoms with Crippen molar-refractivity contribution in [2.75, 3.05) is 0 Å². The van der Waals surface area contributed by atoms with E-state index in [0.717, 1.165) is 0 Å². The number of hydrogen-bond acceptors (Lipinski definition) is 2. The second-order valence-corrected chi connectivity index (χ2v) is 8.74. The van der Waals surface area contributed by atoms with Gasteiger partial charge in [-0.3, -0.25) is 0 Å². The van der Waals surface area contributed by atoms with E-state index in [1.165, 1.54) is 53.8 Å². The summed E-state index contributed by atoms with van der Waals surface area (Å²) in [6, 6.07) is 11.1. The van der Waals surface area contributed by atoms with Crippen LogP contribution in [-0.4, -0.2) is 4.98 Å². The number of nitrogens with zero attached hydrogens (tertiary/aromatic N) is 2. The van der Waals surface area contributed by atoms with Crippen LogP contribution < -0.4 is 4.57 Å². The lowest BCUT2D eigenvalue weighted by atomic mass is 9.93. The van der Waals surface area contributed by atoms with Gasteiger partial charge in [-0.1, -0.05) is 38.1 Å². The molecule has 26 heavy (non-hydrogen) atoms. The second kappa shape index (κ2) is 6.17. The fraction of sp³-hybridized carbons (Fsp3) is 0.304. The molecule has 0 saturated heterocycles. The number of hydrogen-bond donors (Lipinski definition) is 0. The molecule has 2 aromatic carbocycles. The maximum Gasteiger partial charge on any atom is 0.287 e. The third-order valence-corrected chi connectivity index (χ3v) is 6.50. The van der Waals surface area contributed by atoms with Crippen molar-refractivity contribution in [3.05, 3.63) is 58.2 Å². The summed E-state index contributed by atoms with van der Waals surface area (Å²) in [7, 11) is 2.11. The molecule has 2 nitrogen and oxygen atoms in total. The number of benzene rings is 2.